The zero-order chi connectivity index (χ0) is 53.5. The van der Waals surface area contributed by atoms with Gasteiger partial charge in [-0.25, -0.2) is 19.2 Å². The van der Waals surface area contributed by atoms with Gasteiger partial charge in [-0.2, -0.15) is 0 Å². The summed E-state index contributed by atoms with van der Waals surface area (Å²) in [5.74, 6) is -11.8. The summed E-state index contributed by atoms with van der Waals surface area (Å²) in [7, 11) is 0. The minimum atomic E-state index is -1.35. The van der Waals surface area contributed by atoms with Gasteiger partial charge < -0.3 is 43.6 Å². The predicted molar refractivity (Wildman–Crippen MR) is 229 cm³/mol. The topological polar surface area (TPSA) is 372 Å². The molecule has 0 saturated carbocycles. The van der Waals surface area contributed by atoms with E-state index in [4.69, 9.17) is 38.3 Å². The molecule has 4 aliphatic heterocycles. The van der Waals surface area contributed by atoms with Crippen molar-refractivity contribution in [1.82, 2.24) is 25.6 Å². The van der Waals surface area contributed by atoms with E-state index in [1.54, 1.807) is 0 Å². The number of nitrogens with zero attached hydrogens (tertiary/aromatic N) is 4. The van der Waals surface area contributed by atoms with Gasteiger partial charge in [-0.3, -0.25) is 57.5 Å². The number of ether oxygens (including phenoxy) is 4. The van der Waals surface area contributed by atoms with Crippen LogP contribution in [0.5, 0.6) is 0 Å². The molecule has 29 nitrogen and oxygen atoms in total. The molecule has 4 heterocycles. The number of rotatable bonds is 35. The van der Waals surface area contributed by atoms with Crippen molar-refractivity contribution in [2.75, 3.05) is 59.4 Å². The maximum absolute atomic E-state index is 12.7. The number of hydroxylamine groups is 8. The SMILES string of the molecule is O=C(CCOCC(COCCC(=O)CCC(=O)ON1C(=O)CCC1=O)(COCCC(=O)CCC(=O)ON1C(=O)CCC1=O)COCCC(=O)NCC(=O)ON1C(=O)CCC1=O)CCC(=O)ON1C(=O)CCC1=O. The van der Waals surface area contributed by atoms with Gasteiger partial charge in [0, 0.05) is 96.3 Å². The number of carbonyl (C=O) groups is 16. The highest BCUT2D eigenvalue weighted by molar-refractivity contribution is 6.03. The highest BCUT2D eigenvalue weighted by atomic mass is 16.7. The van der Waals surface area contributed by atoms with E-state index in [0.717, 1.165) is 0 Å². The van der Waals surface area contributed by atoms with E-state index in [-0.39, 0.29) is 149 Å². The Morgan fingerprint density at radius 1 is 0.342 bits per heavy atom. The Kier molecular flexibility index (Phi) is 23.4. The Labute approximate surface area is 414 Å². The molecule has 0 aliphatic carbocycles. The van der Waals surface area contributed by atoms with E-state index >= 15 is 0 Å². The molecule has 29 heteroatoms. The van der Waals surface area contributed by atoms with Gasteiger partial charge >= 0.3 is 23.9 Å². The second kappa shape index (κ2) is 29.3. The summed E-state index contributed by atoms with van der Waals surface area (Å²) in [4.78, 5) is 213. The molecule has 4 fully saturated rings. The number of hydrogen-bond acceptors (Lipinski definition) is 24. The van der Waals surface area contributed by atoms with Crippen molar-refractivity contribution in [2.24, 2.45) is 5.41 Å². The van der Waals surface area contributed by atoms with Gasteiger partial charge in [-0.1, -0.05) is 0 Å². The number of nitrogens with one attached hydrogen (secondary N) is 1. The molecule has 0 aromatic heterocycles. The number of carbonyl (C=O) groups excluding carboxylic acids is 16. The minimum Gasteiger partial charge on any atom is -0.380 e. The molecule has 4 saturated heterocycles. The molecule has 0 radical (unpaired) electrons. The van der Waals surface area contributed by atoms with Crippen molar-refractivity contribution >= 4 is 94.4 Å². The summed E-state index contributed by atoms with van der Waals surface area (Å²) < 4.78 is 23.4. The summed E-state index contributed by atoms with van der Waals surface area (Å²) in [6.07, 6.45) is -4.50. The third kappa shape index (κ3) is 20.1. The molecule has 9 amide bonds. The Bertz CT molecular complexity index is 1830. The highest BCUT2D eigenvalue weighted by Gasteiger charge is 2.37. The van der Waals surface area contributed by atoms with Crippen LogP contribution in [-0.4, -0.2) is 174 Å². The molecule has 0 bridgehead atoms. The second-order valence-electron chi connectivity index (χ2n) is 16.8. The fourth-order valence-corrected chi connectivity index (χ4v) is 6.69. The molecule has 0 unspecified atom stereocenters. The van der Waals surface area contributed by atoms with E-state index in [2.05, 4.69) is 5.32 Å². The van der Waals surface area contributed by atoms with E-state index < -0.39 is 126 Å². The van der Waals surface area contributed by atoms with E-state index in [0.29, 0.717) is 20.3 Å². The van der Waals surface area contributed by atoms with Gasteiger partial charge in [-0.05, 0) is 0 Å². The van der Waals surface area contributed by atoms with Gasteiger partial charge in [0.2, 0.25) is 5.91 Å². The Morgan fingerprint density at radius 3 is 0.863 bits per heavy atom. The Morgan fingerprint density at radius 2 is 0.589 bits per heavy atom. The molecule has 0 aromatic carbocycles. The first-order chi connectivity index (χ1) is 34.7. The third-order valence-corrected chi connectivity index (χ3v) is 10.7. The van der Waals surface area contributed by atoms with Crippen LogP contribution in [-0.2, 0) is 115 Å². The number of imide groups is 4. The molecular formula is C44H55N5O24. The number of hydrogen-bond donors (Lipinski definition) is 1. The summed E-state index contributed by atoms with van der Waals surface area (Å²) in [5, 5.41) is 3.62. The van der Waals surface area contributed by atoms with Gasteiger partial charge in [0.15, 0.2) is 0 Å². The van der Waals surface area contributed by atoms with E-state index in [1.165, 1.54) is 0 Å². The number of amides is 9. The van der Waals surface area contributed by atoms with E-state index in [1.807, 2.05) is 0 Å². The lowest BCUT2D eigenvalue weighted by Crippen LogP contribution is -2.42. The van der Waals surface area contributed by atoms with Crippen LogP contribution in [0.25, 0.3) is 0 Å². The normalized spacial score (nSPS) is 15.9. The van der Waals surface area contributed by atoms with Crippen LogP contribution >= 0.6 is 0 Å². The first-order valence-corrected chi connectivity index (χ1v) is 23.1. The average Bonchev–Trinajstić information content (AvgIpc) is 4.07. The molecule has 0 atom stereocenters. The molecule has 73 heavy (non-hydrogen) atoms. The van der Waals surface area contributed by atoms with Crippen LogP contribution in [0.15, 0.2) is 0 Å². The molecule has 4 rings (SSSR count). The fraction of sp³-hybridized carbons (Fsp3) is 0.636. The quantitative estimate of drug-likeness (QED) is 0.0540. The molecule has 4 aliphatic rings. The maximum atomic E-state index is 12.7. The number of ketones is 3. The standard InChI is InChI=1S/C44H55N5O24/c50-28(1-12-40(62)70-46-32(54)4-5-33(46)55)15-19-66-24-44(25-67-20-16-29(51)2-13-41(63)71-47-34(56)6-7-35(47)57,26-68-21-17-30(52)3-14-42(64)72-48-36(58)8-9-37(48)59)27-69-22-18-31(53)45-23-43(65)73-49-38(60)10-11-39(49)61/h1-27H2,(H,45,53). The van der Waals surface area contributed by atoms with Crippen molar-refractivity contribution in [3.8, 4) is 0 Å². The number of Topliss-reactive ketones (excluding diaryl/α,β-unsaturated/α-hetero) is 3. The molecule has 0 spiro atoms. The lowest BCUT2D eigenvalue weighted by Gasteiger charge is -2.33. The van der Waals surface area contributed by atoms with Crippen molar-refractivity contribution in [2.45, 2.75) is 116 Å². The molecule has 0 aromatic rings. The van der Waals surface area contributed by atoms with Gasteiger partial charge in [0.05, 0.1) is 77.5 Å². The molecule has 400 valence electrons. The van der Waals surface area contributed by atoms with Crippen LogP contribution in [0.2, 0.25) is 0 Å². The second-order valence-corrected chi connectivity index (χ2v) is 16.8. The van der Waals surface area contributed by atoms with Crippen molar-refractivity contribution < 1.29 is 115 Å². The summed E-state index contributed by atoms with van der Waals surface area (Å²) in [6.45, 7) is -3.02. The van der Waals surface area contributed by atoms with Gasteiger partial charge in [0.1, 0.15) is 23.9 Å². The zero-order valence-electron chi connectivity index (χ0n) is 39.7. The van der Waals surface area contributed by atoms with Crippen molar-refractivity contribution in [3.63, 3.8) is 0 Å². The monoisotopic (exact) mass is 1040 g/mol. The highest BCUT2D eigenvalue weighted by Crippen LogP contribution is 2.23. The summed E-state index contributed by atoms with van der Waals surface area (Å²) >= 11 is 0. The third-order valence-electron chi connectivity index (χ3n) is 10.7. The minimum absolute atomic E-state index is 0.122. The zero-order valence-corrected chi connectivity index (χ0v) is 39.7. The van der Waals surface area contributed by atoms with Crippen LogP contribution in [0.3, 0.4) is 0 Å². The van der Waals surface area contributed by atoms with E-state index in [9.17, 15) is 76.7 Å². The smallest absolute Gasteiger partial charge is 0.352 e. The first kappa shape index (κ1) is 58.3. The fourth-order valence-electron chi connectivity index (χ4n) is 6.69. The lowest BCUT2D eigenvalue weighted by molar-refractivity contribution is -0.197. The van der Waals surface area contributed by atoms with Crippen LogP contribution in [0, 0.1) is 5.41 Å². The summed E-state index contributed by atoms with van der Waals surface area (Å²) in [6, 6.07) is 0. The maximum Gasteiger partial charge on any atom is 0.352 e. The van der Waals surface area contributed by atoms with Gasteiger partial charge in [-0.15, -0.1) is 20.3 Å². The Balaban J connectivity index is 1.35. The molecular weight excluding hydrogens is 982 g/mol. The van der Waals surface area contributed by atoms with Crippen LogP contribution in [0.4, 0.5) is 0 Å². The van der Waals surface area contributed by atoms with Crippen molar-refractivity contribution in [1.29, 1.82) is 0 Å². The lowest BCUT2D eigenvalue weighted by atomic mass is 9.92. The average molecular weight is 1040 g/mol. The van der Waals surface area contributed by atoms with Gasteiger partial charge in [0.25, 0.3) is 47.3 Å². The predicted octanol–water partition coefficient (Wildman–Crippen LogP) is -1.81. The van der Waals surface area contributed by atoms with Crippen LogP contribution in [0.1, 0.15) is 116 Å². The van der Waals surface area contributed by atoms with Crippen molar-refractivity contribution in [3.05, 3.63) is 0 Å². The summed E-state index contributed by atoms with van der Waals surface area (Å²) in [5.41, 5.74) is -1.35. The molecule has 1 N–H and O–H groups in total. The Hall–Kier alpha value is -7.24. The first-order valence-electron chi connectivity index (χ1n) is 23.1. The largest absolute Gasteiger partial charge is 0.380 e. The van der Waals surface area contributed by atoms with Crippen LogP contribution < -0.4 is 5.32 Å².